The Labute approximate surface area is 96.7 Å². The first kappa shape index (κ1) is 11.3. The number of benzene rings is 1. The molecule has 88 valence electrons. The lowest BCUT2D eigenvalue weighted by atomic mass is 9.93. The Kier molecular flexibility index (Phi) is 3.34. The normalized spacial score (nSPS) is 25.4. The highest BCUT2D eigenvalue weighted by Gasteiger charge is 2.18. The third-order valence-electron chi connectivity index (χ3n) is 3.17. The number of hydrogen-bond acceptors (Lipinski definition) is 3. The Morgan fingerprint density at radius 3 is 2.50 bits per heavy atom. The van der Waals surface area contributed by atoms with E-state index >= 15 is 0 Å². The van der Waals surface area contributed by atoms with Gasteiger partial charge in [0.15, 0.2) is 0 Å². The Hall–Kier alpha value is -1.22. The lowest BCUT2D eigenvalue weighted by molar-refractivity contribution is 0.126. The molecule has 0 aliphatic heterocycles. The number of anilines is 2. The lowest BCUT2D eigenvalue weighted by Gasteiger charge is -2.27. The molecule has 0 aromatic heterocycles. The summed E-state index contributed by atoms with van der Waals surface area (Å²) in [5, 5.41) is 12.9. The van der Waals surface area contributed by atoms with Crippen LogP contribution in [-0.4, -0.2) is 17.3 Å². The standard InChI is InChI=1S/C13H20N2O/c1-9-6-10(14)8-12(7-9)15-11-2-4-13(16)5-3-11/h6-8,11,13,15-16H,2-5,14H2,1H3. The summed E-state index contributed by atoms with van der Waals surface area (Å²) < 4.78 is 0. The van der Waals surface area contributed by atoms with Gasteiger partial charge in [0.25, 0.3) is 0 Å². The molecule has 0 bridgehead atoms. The summed E-state index contributed by atoms with van der Waals surface area (Å²) in [4.78, 5) is 0. The minimum absolute atomic E-state index is 0.0966. The van der Waals surface area contributed by atoms with Gasteiger partial charge in [0.2, 0.25) is 0 Å². The number of aliphatic hydroxyl groups is 1. The van der Waals surface area contributed by atoms with Crippen LogP contribution in [0.2, 0.25) is 0 Å². The van der Waals surface area contributed by atoms with Gasteiger partial charge in [0, 0.05) is 17.4 Å². The minimum atomic E-state index is -0.0966. The van der Waals surface area contributed by atoms with Gasteiger partial charge >= 0.3 is 0 Å². The second-order valence-electron chi connectivity index (χ2n) is 4.78. The summed E-state index contributed by atoms with van der Waals surface area (Å²) in [5.41, 5.74) is 8.89. The fourth-order valence-corrected chi connectivity index (χ4v) is 2.35. The first-order chi connectivity index (χ1) is 7.63. The molecule has 3 heteroatoms. The highest BCUT2D eigenvalue weighted by molar-refractivity contribution is 5.57. The summed E-state index contributed by atoms with van der Waals surface area (Å²) in [6.07, 6.45) is 3.78. The van der Waals surface area contributed by atoms with Crippen molar-refractivity contribution in [2.75, 3.05) is 11.1 Å². The first-order valence-electron chi connectivity index (χ1n) is 5.95. The predicted octanol–water partition coefficient (Wildman–Crippen LogP) is 2.29. The van der Waals surface area contributed by atoms with E-state index in [-0.39, 0.29) is 6.10 Å². The summed E-state index contributed by atoms with van der Waals surface area (Å²) in [6, 6.07) is 6.53. The third kappa shape index (κ3) is 2.89. The lowest BCUT2D eigenvalue weighted by Crippen LogP contribution is -2.28. The van der Waals surface area contributed by atoms with E-state index < -0.39 is 0 Å². The van der Waals surface area contributed by atoms with E-state index in [1.807, 2.05) is 19.1 Å². The van der Waals surface area contributed by atoms with E-state index in [0.717, 1.165) is 37.1 Å². The molecular formula is C13H20N2O. The number of rotatable bonds is 2. The maximum absolute atomic E-state index is 9.43. The third-order valence-corrected chi connectivity index (χ3v) is 3.17. The van der Waals surface area contributed by atoms with Crippen LogP contribution >= 0.6 is 0 Å². The van der Waals surface area contributed by atoms with E-state index in [1.165, 1.54) is 5.56 Å². The van der Waals surface area contributed by atoms with Crippen LogP contribution in [0.25, 0.3) is 0 Å². The van der Waals surface area contributed by atoms with Crippen molar-refractivity contribution in [2.24, 2.45) is 0 Å². The Balaban J connectivity index is 1.98. The zero-order valence-electron chi connectivity index (χ0n) is 9.74. The maximum Gasteiger partial charge on any atom is 0.0541 e. The highest BCUT2D eigenvalue weighted by Crippen LogP contribution is 2.23. The molecule has 0 spiro atoms. The molecule has 1 fully saturated rings. The van der Waals surface area contributed by atoms with Gasteiger partial charge in [-0.05, 0) is 56.4 Å². The quantitative estimate of drug-likeness (QED) is 0.670. The number of aliphatic hydroxyl groups excluding tert-OH is 1. The van der Waals surface area contributed by atoms with Gasteiger partial charge in [-0.3, -0.25) is 0 Å². The Bertz CT molecular complexity index is 337. The van der Waals surface area contributed by atoms with Crippen LogP contribution in [-0.2, 0) is 0 Å². The van der Waals surface area contributed by atoms with Crippen molar-refractivity contribution < 1.29 is 5.11 Å². The van der Waals surface area contributed by atoms with Crippen molar-refractivity contribution in [1.29, 1.82) is 0 Å². The molecule has 3 nitrogen and oxygen atoms in total. The molecule has 1 aliphatic rings. The van der Waals surface area contributed by atoms with E-state index in [9.17, 15) is 5.11 Å². The summed E-state index contributed by atoms with van der Waals surface area (Å²) in [5.74, 6) is 0. The second kappa shape index (κ2) is 4.74. The molecule has 1 aromatic carbocycles. The fraction of sp³-hybridized carbons (Fsp3) is 0.538. The second-order valence-corrected chi connectivity index (χ2v) is 4.78. The van der Waals surface area contributed by atoms with Gasteiger partial charge in [0.05, 0.1) is 6.10 Å². The van der Waals surface area contributed by atoms with Gasteiger partial charge in [-0.25, -0.2) is 0 Å². The smallest absolute Gasteiger partial charge is 0.0541 e. The predicted molar refractivity (Wildman–Crippen MR) is 67.5 cm³/mol. The van der Waals surface area contributed by atoms with Crippen molar-refractivity contribution in [3.05, 3.63) is 23.8 Å². The van der Waals surface area contributed by atoms with Gasteiger partial charge in [-0.2, -0.15) is 0 Å². The Morgan fingerprint density at radius 2 is 1.88 bits per heavy atom. The fourth-order valence-electron chi connectivity index (χ4n) is 2.35. The molecule has 0 amide bonds. The zero-order valence-corrected chi connectivity index (χ0v) is 9.74. The number of nitrogen functional groups attached to an aromatic ring is 1. The van der Waals surface area contributed by atoms with Gasteiger partial charge < -0.3 is 16.2 Å². The minimum Gasteiger partial charge on any atom is -0.399 e. The monoisotopic (exact) mass is 220 g/mol. The van der Waals surface area contributed by atoms with E-state index in [2.05, 4.69) is 11.4 Å². The summed E-state index contributed by atoms with van der Waals surface area (Å²) >= 11 is 0. The topological polar surface area (TPSA) is 58.3 Å². The molecule has 4 N–H and O–H groups in total. The van der Waals surface area contributed by atoms with E-state index in [0.29, 0.717) is 6.04 Å². The average Bonchev–Trinajstić information content (AvgIpc) is 2.20. The molecule has 0 atom stereocenters. The molecule has 1 aliphatic carbocycles. The van der Waals surface area contributed by atoms with Crippen LogP contribution in [0.15, 0.2) is 18.2 Å². The van der Waals surface area contributed by atoms with Crippen molar-refractivity contribution in [1.82, 2.24) is 0 Å². The van der Waals surface area contributed by atoms with Gasteiger partial charge in [-0.15, -0.1) is 0 Å². The molecule has 2 rings (SSSR count). The van der Waals surface area contributed by atoms with Crippen LogP contribution in [0, 0.1) is 6.92 Å². The largest absolute Gasteiger partial charge is 0.399 e. The van der Waals surface area contributed by atoms with Gasteiger partial charge in [0.1, 0.15) is 0 Å². The number of nitrogens with two attached hydrogens (primary N) is 1. The number of aryl methyl sites for hydroxylation is 1. The van der Waals surface area contributed by atoms with Crippen LogP contribution in [0.3, 0.4) is 0 Å². The molecule has 16 heavy (non-hydrogen) atoms. The van der Waals surface area contributed by atoms with Crippen LogP contribution in [0.4, 0.5) is 11.4 Å². The number of nitrogens with one attached hydrogen (secondary N) is 1. The molecule has 1 aromatic rings. The van der Waals surface area contributed by atoms with E-state index in [1.54, 1.807) is 0 Å². The molecule has 0 heterocycles. The van der Waals surface area contributed by atoms with E-state index in [4.69, 9.17) is 5.73 Å². The van der Waals surface area contributed by atoms with Crippen molar-refractivity contribution in [3.8, 4) is 0 Å². The zero-order chi connectivity index (χ0) is 11.5. The molecule has 0 radical (unpaired) electrons. The molecule has 0 saturated heterocycles. The number of hydrogen-bond donors (Lipinski definition) is 3. The Morgan fingerprint density at radius 1 is 1.19 bits per heavy atom. The highest BCUT2D eigenvalue weighted by atomic mass is 16.3. The summed E-state index contributed by atoms with van der Waals surface area (Å²) in [7, 11) is 0. The first-order valence-corrected chi connectivity index (χ1v) is 5.95. The SMILES string of the molecule is Cc1cc(N)cc(NC2CCC(O)CC2)c1. The molecular weight excluding hydrogens is 200 g/mol. The van der Waals surface area contributed by atoms with Crippen molar-refractivity contribution in [2.45, 2.75) is 44.8 Å². The van der Waals surface area contributed by atoms with Crippen molar-refractivity contribution >= 4 is 11.4 Å². The summed E-state index contributed by atoms with van der Waals surface area (Å²) in [6.45, 7) is 2.05. The van der Waals surface area contributed by atoms with Crippen molar-refractivity contribution in [3.63, 3.8) is 0 Å². The van der Waals surface area contributed by atoms with Crippen LogP contribution in [0.5, 0.6) is 0 Å². The maximum atomic E-state index is 9.43. The molecule has 1 saturated carbocycles. The van der Waals surface area contributed by atoms with Crippen LogP contribution in [0.1, 0.15) is 31.2 Å². The average molecular weight is 220 g/mol. The molecule has 0 unspecified atom stereocenters. The van der Waals surface area contributed by atoms with Gasteiger partial charge in [-0.1, -0.05) is 0 Å². The van der Waals surface area contributed by atoms with Crippen LogP contribution < -0.4 is 11.1 Å².